The number of carbonyl (C=O) groups is 4. The predicted octanol–water partition coefficient (Wildman–Crippen LogP) is 6.64. The number of ether oxygens (including phenoxy) is 6. The summed E-state index contributed by atoms with van der Waals surface area (Å²) in [5.74, 6) is -6.99. The van der Waals surface area contributed by atoms with Crippen LogP contribution in [0.3, 0.4) is 0 Å². The Labute approximate surface area is 403 Å². The van der Waals surface area contributed by atoms with Crippen molar-refractivity contribution in [3.63, 3.8) is 0 Å². The molecule has 3 fully saturated rings. The van der Waals surface area contributed by atoms with Gasteiger partial charge >= 0.3 is 5.97 Å². The van der Waals surface area contributed by atoms with Crippen molar-refractivity contribution in [1.82, 2.24) is 4.90 Å². The molecule has 3 aliphatic heterocycles. The van der Waals surface area contributed by atoms with Gasteiger partial charge in [0.15, 0.2) is 5.78 Å². The van der Waals surface area contributed by atoms with E-state index >= 15 is 0 Å². The Hall–Kier alpha value is -3.77. The first-order valence-electron chi connectivity index (χ1n) is 24.6. The van der Waals surface area contributed by atoms with Crippen LogP contribution in [0.4, 0.5) is 0 Å². The number of ketones is 2. The fourth-order valence-electron chi connectivity index (χ4n) is 10.5. The average Bonchev–Trinajstić information content (AvgIpc) is 3.32. The summed E-state index contributed by atoms with van der Waals surface area (Å²) in [6, 6.07) is -2.17. The standard InChI is InChI=1S/C51H81N5O12/c1-30-16-12-11-13-17-31(2)41(63-7)28-37-21-19-35(6)51(62,68-37)48(59)49(60)56-23-15-14-18-40(56)50(61)67-43(38(52)26-36-20-22-39(54-55-53)44(27-36)65-9)29-42(64-8)32(3)25-34(5)46(58)47(66-10)45(57)33(4)24-30/h11-13,16-17,25,30,32-33,35-44,46-47,58,62H,14-15,18-24,26-29,52H2,1-10H3/b13-11?,16-12+,31-17?,34-25+/t30-,32-,33-,35-,36+,37+,38-,39?,40+,41+,42-,43+,44-,46-,47+,51-/m1/s1. The molecule has 0 radical (unpaired) electrons. The normalized spacial score (nSPS) is 38.8. The molecule has 1 unspecified atom stereocenters. The highest BCUT2D eigenvalue weighted by Crippen LogP contribution is 2.37. The van der Waals surface area contributed by atoms with E-state index < -0.39 is 84.0 Å². The van der Waals surface area contributed by atoms with Crippen LogP contribution < -0.4 is 5.73 Å². The third kappa shape index (κ3) is 14.9. The monoisotopic (exact) mass is 956 g/mol. The fraction of sp³-hybridized carbons (Fsp3) is 0.765. The second kappa shape index (κ2) is 27.0. The van der Waals surface area contributed by atoms with Crippen molar-refractivity contribution in [2.75, 3.05) is 35.0 Å². The average molecular weight is 956 g/mol. The van der Waals surface area contributed by atoms with Gasteiger partial charge in [-0.25, -0.2) is 4.79 Å². The molecule has 2 bridgehead atoms. The van der Waals surface area contributed by atoms with Crippen LogP contribution in [0.5, 0.6) is 0 Å². The minimum Gasteiger partial charge on any atom is -0.459 e. The van der Waals surface area contributed by atoms with E-state index in [4.69, 9.17) is 39.7 Å². The number of aliphatic hydroxyl groups is 2. The van der Waals surface area contributed by atoms with Crippen molar-refractivity contribution in [2.24, 2.45) is 40.4 Å². The number of Topliss-reactive ketones (excluding diaryl/α,β-unsaturated/α-hetero) is 2. The maximum absolute atomic E-state index is 14.5. The van der Waals surface area contributed by atoms with Crippen LogP contribution in [0.2, 0.25) is 0 Å². The van der Waals surface area contributed by atoms with Gasteiger partial charge in [-0.1, -0.05) is 69.3 Å². The largest absolute Gasteiger partial charge is 0.459 e. The van der Waals surface area contributed by atoms with E-state index in [9.17, 15) is 29.4 Å². The van der Waals surface area contributed by atoms with Crippen LogP contribution in [-0.4, -0.2) is 140 Å². The lowest BCUT2D eigenvalue weighted by Crippen LogP contribution is -2.61. The smallest absolute Gasteiger partial charge is 0.329 e. The van der Waals surface area contributed by atoms with Gasteiger partial charge < -0.3 is 49.3 Å². The Bertz CT molecular complexity index is 1870. The number of allylic oxidation sites excluding steroid dienone is 5. The number of methoxy groups -OCH3 is 4. The Morgan fingerprint density at radius 3 is 2.26 bits per heavy atom. The van der Waals surface area contributed by atoms with E-state index in [0.717, 1.165) is 5.57 Å². The summed E-state index contributed by atoms with van der Waals surface area (Å²) < 4.78 is 35.8. The molecule has 0 aromatic rings. The van der Waals surface area contributed by atoms with Gasteiger partial charge in [0.2, 0.25) is 5.79 Å². The number of nitrogens with two attached hydrogens (primary N) is 1. The van der Waals surface area contributed by atoms with Crippen LogP contribution >= 0.6 is 0 Å². The highest BCUT2D eigenvalue weighted by atomic mass is 16.6. The predicted molar refractivity (Wildman–Crippen MR) is 257 cm³/mol. The molecule has 1 aliphatic carbocycles. The fourth-order valence-corrected chi connectivity index (χ4v) is 10.5. The summed E-state index contributed by atoms with van der Waals surface area (Å²) in [4.78, 5) is 61.1. The number of hydrogen-bond acceptors (Lipinski definition) is 14. The Morgan fingerprint density at radius 2 is 1.60 bits per heavy atom. The van der Waals surface area contributed by atoms with Crippen LogP contribution in [0.15, 0.2) is 52.7 Å². The Kier molecular flexibility index (Phi) is 22.6. The Balaban J connectivity index is 1.73. The molecule has 4 aliphatic rings. The zero-order valence-corrected chi connectivity index (χ0v) is 42.2. The number of hydrogen-bond donors (Lipinski definition) is 3. The summed E-state index contributed by atoms with van der Waals surface area (Å²) in [5.41, 5.74) is 17.5. The van der Waals surface area contributed by atoms with E-state index in [1.807, 2.05) is 64.2 Å². The van der Waals surface area contributed by atoms with Gasteiger partial charge in [0.05, 0.1) is 30.5 Å². The van der Waals surface area contributed by atoms with Crippen molar-refractivity contribution >= 4 is 23.4 Å². The summed E-state index contributed by atoms with van der Waals surface area (Å²) in [6.07, 6.45) is 11.7. The quantitative estimate of drug-likeness (QED) is 0.0578. The van der Waals surface area contributed by atoms with Gasteiger partial charge in [-0.05, 0) is 107 Å². The number of nitrogens with zero attached hydrogens (tertiary/aromatic N) is 4. The summed E-state index contributed by atoms with van der Waals surface area (Å²) in [5, 5.41) is 27.5. The lowest BCUT2D eigenvalue weighted by Gasteiger charge is -2.43. The van der Waals surface area contributed by atoms with Gasteiger partial charge in [-0.15, -0.1) is 0 Å². The summed E-state index contributed by atoms with van der Waals surface area (Å²) in [6.45, 7) is 11.2. The van der Waals surface area contributed by atoms with Crippen molar-refractivity contribution in [3.05, 3.63) is 58.0 Å². The third-order valence-electron chi connectivity index (χ3n) is 14.9. The van der Waals surface area contributed by atoms with Crippen molar-refractivity contribution in [3.8, 4) is 0 Å². The molecule has 0 aromatic carbocycles. The maximum Gasteiger partial charge on any atom is 0.329 e. The summed E-state index contributed by atoms with van der Waals surface area (Å²) in [7, 11) is 6.10. The van der Waals surface area contributed by atoms with E-state index in [1.54, 1.807) is 28.1 Å². The zero-order chi connectivity index (χ0) is 50.3. The van der Waals surface area contributed by atoms with Gasteiger partial charge in [-0.2, -0.15) is 0 Å². The van der Waals surface area contributed by atoms with E-state index in [-0.39, 0.29) is 55.1 Å². The first kappa shape index (κ1) is 56.8. The molecule has 17 nitrogen and oxygen atoms in total. The number of fused-ring (bicyclic) bond motifs is 3. The van der Waals surface area contributed by atoms with Crippen molar-refractivity contribution in [1.29, 1.82) is 0 Å². The van der Waals surface area contributed by atoms with Crippen molar-refractivity contribution < 1.29 is 57.8 Å². The SMILES string of the molecule is CO[C@H]1C[C@@H]2CC[C@@H](C)[C@@](O)(O2)C(=O)C(=O)N2CCCC[C@H]2C(=O)O[C@H]([C@H](N)C[C@@H]2CCC(N=[N+]=[N-])[C@H](OC)C2)C[C@@H](OC)[C@H](C)/C=C(\C)[C@@H](O)[C@@H](OC)C(=O)[C@H](C)C[C@H](C)/C=C/C=CC=C1C. The molecule has 68 heavy (non-hydrogen) atoms. The molecule has 1 saturated carbocycles. The van der Waals surface area contributed by atoms with Crippen molar-refractivity contribution in [2.45, 2.75) is 185 Å². The molecule has 17 heteroatoms. The second-order valence-corrected chi connectivity index (χ2v) is 19.9. The number of cyclic esters (lactones) is 1. The number of carbonyl (C=O) groups excluding carboxylic acids is 4. The third-order valence-corrected chi connectivity index (χ3v) is 14.9. The number of piperidine rings is 1. The van der Waals surface area contributed by atoms with Gasteiger partial charge in [0.25, 0.3) is 11.7 Å². The van der Waals surface area contributed by atoms with Gasteiger partial charge in [0, 0.05) is 76.5 Å². The molecule has 4 rings (SSSR count). The van der Waals surface area contributed by atoms with E-state index in [0.29, 0.717) is 69.8 Å². The minimum absolute atomic E-state index is 0.0303. The van der Waals surface area contributed by atoms with E-state index in [2.05, 4.69) is 10.0 Å². The van der Waals surface area contributed by atoms with E-state index in [1.165, 1.54) is 19.1 Å². The number of amides is 1. The molecule has 4 N–H and O–H groups in total. The molecule has 0 spiro atoms. The molecule has 16 atom stereocenters. The van der Waals surface area contributed by atoms with Gasteiger partial charge in [-0.3, -0.25) is 14.4 Å². The molecular formula is C51H81N5O12. The second-order valence-electron chi connectivity index (χ2n) is 19.9. The summed E-state index contributed by atoms with van der Waals surface area (Å²) >= 11 is 0. The van der Waals surface area contributed by atoms with Crippen LogP contribution in [0, 0.1) is 29.6 Å². The highest BCUT2D eigenvalue weighted by Gasteiger charge is 2.53. The molecule has 3 heterocycles. The maximum atomic E-state index is 14.5. The van der Waals surface area contributed by atoms with Gasteiger partial charge in [0.1, 0.15) is 24.4 Å². The number of rotatable bonds is 8. The number of esters is 1. The minimum atomic E-state index is -2.43. The lowest BCUT2D eigenvalue weighted by atomic mass is 9.79. The van der Waals surface area contributed by atoms with Crippen LogP contribution in [-0.2, 0) is 47.6 Å². The number of azide groups is 1. The Morgan fingerprint density at radius 1 is 0.882 bits per heavy atom. The first-order chi connectivity index (χ1) is 32.3. The first-order valence-corrected chi connectivity index (χ1v) is 24.6. The molecule has 0 aromatic heterocycles. The molecule has 382 valence electrons. The van der Waals surface area contributed by atoms with Crippen LogP contribution in [0.25, 0.3) is 10.4 Å². The zero-order valence-electron chi connectivity index (χ0n) is 42.2. The topological polar surface area (TPSA) is 242 Å². The van der Waals surface area contributed by atoms with Crippen LogP contribution in [0.1, 0.15) is 119 Å². The lowest BCUT2D eigenvalue weighted by molar-refractivity contribution is -0.265. The highest BCUT2D eigenvalue weighted by molar-refractivity contribution is 6.39. The molecular weight excluding hydrogens is 875 g/mol. The molecule has 2 saturated heterocycles. The number of aliphatic hydroxyl groups excluding tert-OH is 1. The molecule has 1 amide bonds.